The van der Waals surface area contributed by atoms with Crippen LogP contribution in [0, 0.1) is 0 Å². The number of carbonyl (C=O) groups is 1. The van der Waals surface area contributed by atoms with E-state index >= 15 is 0 Å². The number of anilines is 1. The molecule has 1 aliphatic heterocycles. The summed E-state index contributed by atoms with van der Waals surface area (Å²) in [5, 5.41) is 8.73. The number of aromatic nitrogens is 1. The molecule has 0 spiro atoms. The molecule has 3 N–H and O–H groups in total. The predicted octanol–water partition coefficient (Wildman–Crippen LogP) is 0.707. The third-order valence-electron chi connectivity index (χ3n) is 2.87. The van der Waals surface area contributed by atoms with Crippen LogP contribution in [0.4, 0.5) is 5.69 Å². The molecule has 0 saturated carbocycles. The quantitative estimate of drug-likeness (QED) is 0.768. The molecule has 5 heteroatoms. The van der Waals surface area contributed by atoms with Crippen LogP contribution in [0.2, 0.25) is 0 Å². The van der Waals surface area contributed by atoms with Gasteiger partial charge in [0.2, 0.25) is 0 Å². The van der Waals surface area contributed by atoms with Crippen molar-refractivity contribution in [1.82, 2.24) is 4.98 Å². The number of carboxylic acids is 1. The van der Waals surface area contributed by atoms with Crippen LogP contribution in [0.15, 0.2) is 18.3 Å². The zero-order valence-corrected chi connectivity index (χ0v) is 8.97. The zero-order chi connectivity index (χ0) is 11.5. The second-order valence-corrected chi connectivity index (χ2v) is 4.03. The summed E-state index contributed by atoms with van der Waals surface area (Å²) < 4.78 is 0. The minimum atomic E-state index is -0.993. The molecular weight excluding hydrogens is 206 g/mol. The SMILES string of the molecule is NC1CCN(c2ccc(C(=O)O)nc2)CC1. The first-order valence-corrected chi connectivity index (χ1v) is 5.36. The van der Waals surface area contributed by atoms with Gasteiger partial charge in [0.1, 0.15) is 5.69 Å². The molecule has 0 atom stereocenters. The Balaban J connectivity index is 2.07. The highest BCUT2D eigenvalue weighted by atomic mass is 16.4. The first kappa shape index (κ1) is 10.9. The van der Waals surface area contributed by atoms with Crippen molar-refractivity contribution in [3.8, 4) is 0 Å². The number of pyridine rings is 1. The zero-order valence-electron chi connectivity index (χ0n) is 8.97. The van der Waals surface area contributed by atoms with Crippen molar-refractivity contribution >= 4 is 11.7 Å². The second kappa shape index (κ2) is 4.49. The third kappa shape index (κ3) is 2.30. The summed E-state index contributed by atoms with van der Waals surface area (Å²) in [6.07, 6.45) is 3.56. The highest BCUT2D eigenvalue weighted by Gasteiger charge is 2.16. The van der Waals surface area contributed by atoms with E-state index in [1.807, 2.05) is 0 Å². The van der Waals surface area contributed by atoms with Crippen molar-refractivity contribution in [1.29, 1.82) is 0 Å². The fourth-order valence-corrected chi connectivity index (χ4v) is 1.86. The molecule has 0 aliphatic carbocycles. The minimum absolute atomic E-state index is 0.0810. The Kier molecular flexibility index (Phi) is 3.05. The number of nitrogens with zero attached hydrogens (tertiary/aromatic N) is 2. The molecule has 0 radical (unpaired) electrons. The molecule has 2 rings (SSSR count). The van der Waals surface area contributed by atoms with Gasteiger partial charge >= 0.3 is 5.97 Å². The smallest absolute Gasteiger partial charge is 0.354 e. The van der Waals surface area contributed by atoms with Crippen LogP contribution in [-0.4, -0.2) is 35.2 Å². The lowest BCUT2D eigenvalue weighted by Crippen LogP contribution is -2.39. The van der Waals surface area contributed by atoms with Gasteiger partial charge in [-0.15, -0.1) is 0 Å². The fourth-order valence-electron chi connectivity index (χ4n) is 1.86. The number of rotatable bonds is 2. The van der Waals surface area contributed by atoms with Gasteiger partial charge in [-0.3, -0.25) is 0 Å². The second-order valence-electron chi connectivity index (χ2n) is 4.03. The molecule has 1 saturated heterocycles. The predicted molar refractivity (Wildman–Crippen MR) is 60.6 cm³/mol. The van der Waals surface area contributed by atoms with Gasteiger partial charge in [-0.2, -0.15) is 0 Å². The van der Waals surface area contributed by atoms with E-state index in [9.17, 15) is 4.79 Å². The molecule has 1 fully saturated rings. The number of carboxylic acid groups (broad SMARTS) is 1. The molecule has 16 heavy (non-hydrogen) atoms. The molecule has 86 valence electrons. The summed E-state index contributed by atoms with van der Waals surface area (Å²) in [7, 11) is 0. The van der Waals surface area contributed by atoms with E-state index in [1.54, 1.807) is 12.3 Å². The number of piperidine rings is 1. The Hall–Kier alpha value is -1.62. The summed E-state index contributed by atoms with van der Waals surface area (Å²) in [6.45, 7) is 1.82. The summed E-state index contributed by atoms with van der Waals surface area (Å²) in [6, 6.07) is 3.63. The lowest BCUT2D eigenvalue weighted by atomic mass is 10.1. The monoisotopic (exact) mass is 221 g/mol. The lowest BCUT2D eigenvalue weighted by molar-refractivity contribution is 0.0690. The number of aromatic carboxylic acids is 1. The van der Waals surface area contributed by atoms with E-state index in [2.05, 4.69) is 9.88 Å². The van der Waals surface area contributed by atoms with Crippen LogP contribution in [0.3, 0.4) is 0 Å². The van der Waals surface area contributed by atoms with Gasteiger partial charge in [0.05, 0.1) is 11.9 Å². The van der Waals surface area contributed by atoms with Gasteiger partial charge in [-0.1, -0.05) is 0 Å². The summed E-state index contributed by atoms with van der Waals surface area (Å²) in [5.74, 6) is -0.993. The molecule has 0 amide bonds. The average molecular weight is 221 g/mol. The van der Waals surface area contributed by atoms with Gasteiger partial charge < -0.3 is 15.7 Å². The van der Waals surface area contributed by atoms with Gasteiger partial charge in [0.15, 0.2) is 0 Å². The Morgan fingerprint density at radius 1 is 1.44 bits per heavy atom. The van der Waals surface area contributed by atoms with E-state index in [0.717, 1.165) is 31.6 Å². The van der Waals surface area contributed by atoms with Crippen molar-refractivity contribution < 1.29 is 9.90 Å². The van der Waals surface area contributed by atoms with E-state index in [-0.39, 0.29) is 5.69 Å². The Bertz CT molecular complexity index is 369. The minimum Gasteiger partial charge on any atom is -0.477 e. The summed E-state index contributed by atoms with van der Waals surface area (Å²) in [5.41, 5.74) is 6.87. The molecule has 1 aromatic rings. The average Bonchev–Trinajstić information content (AvgIpc) is 2.30. The van der Waals surface area contributed by atoms with Crippen LogP contribution in [-0.2, 0) is 0 Å². The van der Waals surface area contributed by atoms with Crippen LogP contribution in [0.1, 0.15) is 23.3 Å². The molecule has 1 aliphatic rings. The lowest BCUT2D eigenvalue weighted by Gasteiger charge is -2.31. The molecular formula is C11H15N3O2. The Morgan fingerprint density at radius 3 is 2.62 bits per heavy atom. The van der Waals surface area contributed by atoms with Crippen molar-refractivity contribution in [2.24, 2.45) is 5.73 Å². The van der Waals surface area contributed by atoms with Crippen LogP contribution < -0.4 is 10.6 Å². The van der Waals surface area contributed by atoms with E-state index in [4.69, 9.17) is 10.8 Å². The van der Waals surface area contributed by atoms with Crippen molar-refractivity contribution in [2.75, 3.05) is 18.0 Å². The maximum absolute atomic E-state index is 10.6. The van der Waals surface area contributed by atoms with Gasteiger partial charge in [-0.05, 0) is 25.0 Å². The van der Waals surface area contributed by atoms with Crippen molar-refractivity contribution in [3.63, 3.8) is 0 Å². The first-order valence-electron chi connectivity index (χ1n) is 5.36. The van der Waals surface area contributed by atoms with E-state index in [1.165, 1.54) is 6.07 Å². The van der Waals surface area contributed by atoms with Crippen LogP contribution in [0.5, 0.6) is 0 Å². The fraction of sp³-hybridized carbons (Fsp3) is 0.455. The first-order chi connectivity index (χ1) is 7.66. The van der Waals surface area contributed by atoms with Gasteiger partial charge in [0.25, 0.3) is 0 Å². The maximum atomic E-state index is 10.6. The van der Waals surface area contributed by atoms with Gasteiger partial charge in [0, 0.05) is 19.1 Å². The summed E-state index contributed by atoms with van der Waals surface area (Å²) >= 11 is 0. The maximum Gasteiger partial charge on any atom is 0.354 e. The van der Waals surface area contributed by atoms with Crippen molar-refractivity contribution in [2.45, 2.75) is 18.9 Å². The summed E-state index contributed by atoms with van der Waals surface area (Å²) in [4.78, 5) is 16.7. The highest BCUT2D eigenvalue weighted by molar-refractivity contribution is 5.85. The highest BCUT2D eigenvalue weighted by Crippen LogP contribution is 2.18. The van der Waals surface area contributed by atoms with Crippen LogP contribution in [0.25, 0.3) is 0 Å². The molecule has 0 bridgehead atoms. The van der Waals surface area contributed by atoms with E-state index in [0.29, 0.717) is 6.04 Å². The molecule has 0 unspecified atom stereocenters. The molecule has 1 aromatic heterocycles. The third-order valence-corrected chi connectivity index (χ3v) is 2.87. The van der Waals surface area contributed by atoms with E-state index < -0.39 is 5.97 Å². The largest absolute Gasteiger partial charge is 0.477 e. The van der Waals surface area contributed by atoms with Crippen LogP contribution >= 0.6 is 0 Å². The molecule has 0 aromatic carbocycles. The molecule has 2 heterocycles. The Labute approximate surface area is 93.9 Å². The standard InChI is InChI=1S/C11H15N3O2/c12-8-3-5-14(6-4-8)9-1-2-10(11(15)16)13-7-9/h1-2,7-8H,3-6,12H2,(H,15,16). The normalized spacial score (nSPS) is 17.4. The van der Waals surface area contributed by atoms with Gasteiger partial charge in [-0.25, -0.2) is 9.78 Å². The number of hydrogen-bond acceptors (Lipinski definition) is 4. The van der Waals surface area contributed by atoms with Crippen molar-refractivity contribution in [3.05, 3.63) is 24.0 Å². The topological polar surface area (TPSA) is 79.5 Å². The molecule has 5 nitrogen and oxygen atoms in total. The number of hydrogen-bond donors (Lipinski definition) is 2. The number of nitrogens with two attached hydrogens (primary N) is 1. The Morgan fingerprint density at radius 2 is 2.12 bits per heavy atom.